The summed E-state index contributed by atoms with van der Waals surface area (Å²) in [5.74, 6) is 0. The number of likely N-dealkylation sites (tertiary alicyclic amines) is 1. The fraction of sp³-hybridized carbons (Fsp3) is 0.818. The highest BCUT2D eigenvalue weighted by molar-refractivity contribution is 5.75. The number of ether oxygens (including phenoxy) is 1. The van der Waals surface area contributed by atoms with Crippen LogP contribution in [0.3, 0.4) is 0 Å². The molecule has 5 heteroatoms. The van der Waals surface area contributed by atoms with E-state index in [1.54, 1.807) is 4.90 Å². The molecule has 0 spiro atoms. The zero-order valence-electron chi connectivity index (χ0n) is 10.1. The van der Waals surface area contributed by atoms with Gasteiger partial charge in [0.2, 0.25) is 0 Å². The van der Waals surface area contributed by atoms with Gasteiger partial charge in [0.15, 0.2) is 0 Å². The van der Waals surface area contributed by atoms with Crippen LogP contribution in [0.4, 0.5) is 4.79 Å². The van der Waals surface area contributed by atoms with Gasteiger partial charge in [-0.3, -0.25) is 0 Å². The van der Waals surface area contributed by atoms with E-state index in [2.05, 4.69) is 5.16 Å². The zero-order valence-corrected chi connectivity index (χ0v) is 10.1. The number of hydrogen-bond donors (Lipinski definition) is 1. The monoisotopic (exact) mass is 228 g/mol. The number of nitrogens with zero attached hydrogens (tertiary/aromatic N) is 2. The minimum absolute atomic E-state index is 0.145. The molecule has 0 aromatic carbocycles. The van der Waals surface area contributed by atoms with Gasteiger partial charge in [-0.05, 0) is 40.0 Å². The highest BCUT2D eigenvalue weighted by atomic mass is 16.6. The van der Waals surface area contributed by atoms with E-state index in [1.165, 1.54) is 6.21 Å². The first kappa shape index (κ1) is 12.8. The lowest BCUT2D eigenvalue weighted by atomic mass is 10.0. The Balaban J connectivity index is 2.64. The Kier molecular flexibility index (Phi) is 4.15. The maximum absolute atomic E-state index is 11.9. The van der Waals surface area contributed by atoms with Crippen LogP contribution >= 0.6 is 0 Å². The van der Waals surface area contributed by atoms with Gasteiger partial charge in [0.1, 0.15) is 5.60 Å². The largest absolute Gasteiger partial charge is 0.444 e. The van der Waals surface area contributed by atoms with Crippen LogP contribution in [0.2, 0.25) is 0 Å². The van der Waals surface area contributed by atoms with Gasteiger partial charge in [0.25, 0.3) is 0 Å². The summed E-state index contributed by atoms with van der Waals surface area (Å²) in [7, 11) is 0. The molecule has 1 rings (SSSR count). The van der Waals surface area contributed by atoms with E-state index >= 15 is 0 Å². The molecule has 1 amide bonds. The maximum atomic E-state index is 11.9. The first-order valence-electron chi connectivity index (χ1n) is 5.61. The van der Waals surface area contributed by atoms with E-state index in [0.29, 0.717) is 6.54 Å². The summed E-state index contributed by atoms with van der Waals surface area (Å²) in [5, 5.41) is 11.6. The van der Waals surface area contributed by atoms with Crippen LogP contribution in [0, 0.1) is 0 Å². The average molecular weight is 228 g/mol. The van der Waals surface area contributed by atoms with E-state index in [1.807, 2.05) is 20.8 Å². The van der Waals surface area contributed by atoms with E-state index in [4.69, 9.17) is 9.94 Å². The summed E-state index contributed by atoms with van der Waals surface area (Å²) in [5.41, 5.74) is -0.491. The number of piperidine rings is 1. The molecule has 0 radical (unpaired) electrons. The lowest BCUT2D eigenvalue weighted by molar-refractivity contribution is 0.0169. The Bertz CT molecular complexity index is 271. The summed E-state index contributed by atoms with van der Waals surface area (Å²) in [6.45, 7) is 6.17. The Labute approximate surface area is 96.1 Å². The standard InChI is InChI=1S/C11H20N2O3/c1-11(2,3)16-10(14)13-7-5-4-6-9(13)8-12-15/h8-9,15H,4-7H2,1-3H3/b12-8+. The molecular weight excluding hydrogens is 208 g/mol. The Morgan fingerprint density at radius 2 is 2.19 bits per heavy atom. The molecule has 92 valence electrons. The summed E-state index contributed by atoms with van der Waals surface area (Å²) in [6.07, 6.45) is 3.88. The van der Waals surface area contributed by atoms with Crippen LogP contribution in [0.1, 0.15) is 40.0 Å². The van der Waals surface area contributed by atoms with Crippen LogP contribution in [0.5, 0.6) is 0 Å². The molecule has 0 aliphatic carbocycles. The number of hydrogen-bond acceptors (Lipinski definition) is 4. The van der Waals surface area contributed by atoms with Crippen molar-refractivity contribution in [2.75, 3.05) is 6.54 Å². The molecule has 1 heterocycles. The Morgan fingerprint density at radius 1 is 1.50 bits per heavy atom. The second-order valence-corrected chi connectivity index (χ2v) is 5.00. The minimum Gasteiger partial charge on any atom is -0.444 e. The van der Waals surface area contributed by atoms with Crippen molar-refractivity contribution >= 4 is 12.3 Å². The smallest absolute Gasteiger partial charge is 0.410 e. The molecule has 1 aliphatic heterocycles. The number of oxime groups is 1. The molecule has 1 fully saturated rings. The van der Waals surface area contributed by atoms with Crippen molar-refractivity contribution in [2.24, 2.45) is 5.16 Å². The van der Waals surface area contributed by atoms with Crippen LogP contribution in [0.25, 0.3) is 0 Å². The van der Waals surface area contributed by atoms with Gasteiger partial charge in [-0.25, -0.2) is 4.79 Å². The second-order valence-electron chi connectivity index (χ2n) is 5.00. The fourth-order valence-corrected chi connectivity index (χ4v) is 1.74. The van der Waals surface area contributed by atoms with Crippen LogP contribution in [-0.2, 0) is 4.74 Å². The van der Waals surface area contributed by atoms with Crippen molar-refractivity contribution in [3.05, 3.63) is 0 Å². The minimum atomic E-state index is -0.491. The topological polar surface area (TPSA) is 62.1 Å². The van der Waals surface area contributed by atoms with Crippen molar-refractivity contribution in [1.29, 1.82) is 0 Å². The predicted molar refractivity (Wildman–Crippen MR) is 60.9 cm³/mol. The Morgan fingerprint density at radius 3 is 2.75 bits per heavy atom. The summed E-state index contributed by atoms with van der Waals surface area (Å²) in [6, 6.07) is -0.145. The van der Waals surface area contributed by atoms with E-state index in [-0.39, 0.29) is 12.1 Å². The van der Waals surface area contributed by atoms with Gasteiger partial charge >= 0.3 is 6.09 Å². The first-order valence-corrected chi connectivity index (χ1v) is 5.61. The molecule has 5 nitrogen and oxygen atoms in total. The molecule has 1 atom stereocenters. The zero-order chi connectivity index (χ0) is 12.2. The van der Waals surface area contributed by atoms with Crippen molar-refractivity contribution in [3.63, 3.8) is 0 Å². The molecule has 0 bridgehead atoms. The normalized spacial score (nSPS) is 22.4. The molecule has 16 heavy (non-hydrogen) atoms. The lowest BCUT2D eigenvalue weighted by Gasteiger charge is -2.34. The number of amides is 1. The third-order valence-corrected chi connectivity index (χ3v) is 2.42. The molecule has 1 aliphatic rings. The van der Waals surface area contributed by atoms with E-state index in [9.17, 15) is 4.79 Å². The van der Waals surface area contributed by atoms with Crippen molar-refractivity contribution in [3.8, 4) is 0 Å². The number of carbonyl (C=O) groups is 1. The summed E-state index contributed by atoms with van der Waals surface area (Å²) in [4.78, 5) is 13.5. The molecule has 0 saturated carbocycles. The van der Waals surface area contributed by atoms with E-state index < -0.39 is 5.60 Å². The second kappa shape index (κ2) is 5.18. The summed E-state index contributed by atoms with van der Waals surface area (Å²) < 4.78 is 5.30. The van der Waals surface area contributed by atoms with Crippen molar-refractivity contribution in [1.82, 2.24) is 4.90 Å². The molecule has 0 aromatic rings. The maximum Gasteiger partial charge on any atom is 0.410 e. The highest BCUT2D eigenvalue weighted by Gasteiger charge is 2.29. The SMILES string of the molecule is CC(C)(C)OC(=O)N1CCCCC1/C=N/O. The molecule has 1 N–H and O–H groups in total. The van der Waals surface area contributed by atoms with E-state index in [0.717, 1.165) is 19.3 Å². The Hall–Kier alpha value is -1.26. The predicted octanol–water partition coefficient (Wildman–Crippen LogP) is 2.24. The van der Waals surface area contributed by atoms with Gasteiger partial charge in [0.05, 0.1) is 12.3 Å². The average Bonchev–Trinajstić information content (AvgIpc) is 2.16. The van der Waals surface area contributed by atoms with Crippen LogP contribution < -0.4 is 0 Å². The third-order valence-electron chi connectivity index (χ3n) is 2.42. The summed E-state index contributed by atoms with van der Waals surface area (Å²) >= 11 is 0. The quantitative estimate of drug-likeness (QED) is 0.425. The fourth-order valence-electron chi connectivity index (χ4n) is 1.74. The lowest BCUT2D eigenvalue weighted by Crippen LogP contribution is -2.46. The van der Waals surface area contributed by atoms with Crippen molar-refractivity contribution in [2.45, 2.75) is 51.7 Å². The third kappa shape index (κ3) is 3.72. The number of carbonyl (C=O) groups excluding carboxylic acids is 1. The van der Waals surface area contributed by atoms with Gasteiger partial charge in [-0.2, -0.15) is 0 Å². The molecule has 1 unspecified atom stereocenters. The molecule has 1 saturated heterocycles. The first-order chi connectivity index (χ1) is 7.44. The van der Waals surface area contributed by atoms with Crippen LogP contribution in [-0.4, -0.2) is 40.6 Å². The molecule has 0 aromatic heterocycles. The highest BCUT2D eigenvalue weighted by Crippen LogP contribution is 2.19. The van der Waals surface area contributed by atoms with Gasteiger partial charge in [0, 0.05) is 6.54 Å². The van der Waals surface area contributed by atoms with Crippen LogP contribution in [0.15, 0.2) is 5.16 Å². The van der Waals surface area contributed by atoms with Gasteiger partial charge in [-0.15, -0.1) is 0 Å². The number of rotatable bonds is 1. The van der Waals surface area contributed by atoms with Crippen molar-refractivity contribution < 1.29 is 14.7 Å². The van der Waals surface area contributed by atoms with Gasteiger partial charge < -0.3 is 14.8 Å². The molecular formula is C11H20N2O3. The van der Waals surface area contributed by atoms with Gasteiger partial charge in [-0.1, -0.05) is 5.16 Å².